The highest BCUT2D eigenvalue weighted by atomic mass is 32.2. The van der Waals surface area contributed by atoms with Gasteiger partial charge in [0.15, 0.2) is 11.5 Å². The molecule has 0 radical (unpaired) electrons. The number of piperidine rings is 2. The standard InChI is InChI=1S/C22H34N4O5S/c1-25-8-6-15(7-9-25)14-32(28,29)26-17-4-5-18(26)12-16(11-17)23-22(27)19-13-21(31-24-19)20-3-2-10-30-20/h13,15-18,20H,2-12,14H2,1H3,(H,23,27)/t16?,17-,18?,20?/m0/s1. The first-order valence-electron chi connectivity index (χ1n) is 12.0. The molecule has 0 saturated carbocycles. The number of sulfonamides is 1. The maximum absolute atomic E-state index is 13.3. The Labute approximate surface area is 189 Å². The van der Waals surface area contributed by atoms with E-state index < -0.39 is 10.0 Å². The first kappa shape index (κ1) is 22.3. The van der Waals surface area contributed by atoms with Crippen molar-refractivity contribution in [2.45, 2.75) is 75.6 Å². The van der Waals surface area contributed by atoms with Crippen molar-refractivity contribution in [3.8, 4) is 0 Å². The molecule has 4 aliphatic rings. The van der Waals surface area contributed by atoms with Gasteiger partial charge in [0.25, 0.3) is 5.91 Å². The molecule has 4 fully saturated rings. The lowest BCUT2D eigenvalue weighted by Gasteiger charge is -2.39. The van der Waals surface area contributed by atoms with Gasteiger partial charge in [0.2, 0.25) is 10.0 Å². The van der Waals surface area contributed by atoms with Gasteiger partial charge in [0.05, 0.1) is 5.75 Å². The number of nitrogens with one attached hydrogen (secondary N) is 1. The Bertz CT molecular complexity index is 907. The summed E-state index contributed by atoms with van der Waals surface area (Å²) in [5.41, 5.74) is 0.264. The average Bonchev–Trinajstić information content (AvgIpc) is 3.49. The molecule has 0 aromatic carbocycles. The van der Waals surface area contributed by atoms with Crippen molar-refractivity contribution in [3.63, 3.8) is 0 Å². The maximum Gasteiger partial charge on any atom is 0.273 e. The van der Waals surface area contributed by atoms with Gasteiger partial charge in [0, 0.05) is 30.8 Å². The first-order valence-corrected chi connectivity index (χ1v) is 13.6. The summed E-state index contributed by atoms with van der Waals surface area (Å²) in [5.74, 6) is 0.848. The number of fused-ring (bicyclic) bond motifs is 2. The van der Waals surface area contributed by atoms with Crippen LogP contribution in [0.1, 0.15) is 73.7 Å². The molecule has 1 aromatic heterocycles. The number of amides is 1. The van der Waals surface area contributed by atoms with Gasteiger partial charge in [-0.25, -0.2) is 8.42 Å². The van der Waals surface area contributed by atoms with E-state index in [0.717, 1.165) is 51.6 Å². The van der Waals surface area contributed by atoms with Gasteiger partial charge in [-0.2, -0.15) is 4.31 Å². The van der Waals surface area contributed by atoms with Gasteiger partial charge in [-0.05, 0) is 77.4 Å². The third-order valence-electron chi connectivity index (χ3n) is 7.62. The van der Waals surface area contributed by atoms with Crippen LogP contribution >= 0.6 is 0 Å². The van der Waals surface area contributed by atoms with Crippen molar-refractivity contribution in [2.24, 2.45) is 5.92 Å². The molecule has 4 atom stereocenters. The largest absolute Gasteiger partial charge is 0.370 e. The number of ether oxygens (including phenoxy) is 1. The van der Waals surface area contributed by atoms with E-state index in [-0.39, 0.29) is 47.5 Å². The number of carbonyl (C=O) groups excluding carboxylic acids is 1. The van der Waals surface area contributed by atoms with E-state index in [1.165, 1.54) is 0 Å². The van der Waals surface area contributed by atoms with Gasteiger partial charge in [0.1, 0.15) is 6.10 Å². The zero-order valence-corrected chi connectivity index (χ0v) is 19.6. The second-order valence-corrected chi connectivity index (χ2v) is 11.9. The molecule has 0 aliphatic carbocycles. The fourth-order valence-corrected chi connectivity index (χ4v) is 8.32. The number of carbonyl (C=O) groups is 1. The lowest BCUT2D eigenvalue weighted by atomic mass is 9.99. The SMILES string of the molecule is CN1CCC(CS(=O)(=O)N2C3CC[C@H]2CC(NC(=O)c2cc(C4CCCO4)on2)C3)CC1. The van der Waals surface area contributed by atoms with E-state index in [2.05, 4.69) is 22.4 Å². The van der Waals surface area contributed by atoms with Crippen LogP contribution < -0.4 is 5.32 Å². The normalized spacial score (nSPS) is 32.4. The summed E-state index contributed by atoms with van der Waals surface area (Å²) in [6.45, 7) is 2.64. The Kier molecular flexibility index (Phi) is 6.30. The Morgan fingerprint density at radius 1 is 1.16 bits per heavy atom. The summed E-state index contributed by atoms with van der Waals surface area (Å²) in [6.07, 6.45) is 6.70. The molecule has 10 heteroatoms. The molecule has 1 aromatic rings. The zero-order chi connectivity index (χ0) is 22.3. The summed E-state index contributed by atoms with van der Waals surface area (Å²) in [6, 6.07) is 1.59. The minimum absolute atomic E-state index is 0.0185. The van der Waals surface area contributed by atoms with E-state index in [1.54, 1.807) is 10.4 Å². The smallest absolute Gasteiger partial charge is 0.273 e. The molecule has 1 N–H and O–H groups in total. The third-order valence-corrected chi connectivity index (χ3v) is 9.75. The number of hydrogen-bond donors (Lipinski definition) is 1. The quantitative estimate of drug-likeness (QED) is 0.683. The van der Waals surface area contributed by atoms with Gasteiger partial charge in [-0.15, -0.1) is 0 Å². The number of likely N-dealkylation sites (tertiary alicyclic amines) is 1. The molecule has 4 aliphatic heterocycles. The van der Waals surface area contributed by atoms with E-state index >= 15 is 0 Å². The number of rotatable bonds is 6. The molecule has 0 spiro atoms. The molecule has 4 saturated heterocycles. The Morgan fingerprint density at radius 3 is 2.53 bits per heavy atom. The summed E-state index contributed by atoms with van der Waals surface area (Å²) in [7, 11) is -1.20. The van der Waals surface area contributed by atoms with E-state index in [1.807, 2.05) is 0 Å². The molecule has 5 heterocycles. The van der Waals surface area contributed by atoms with Crippen LogP contribution in [0.5, 0.6) is 0 Å². The summed E-state index contributed by atoms with van der Waals surface area (Å²) < 4.78 is 39.2. The third kappa shape index (κ3) is 4.60. The number of aromatic nitrogens is 1. The minimum Gasteiger partial charge on any atom is -0.370 e. The van der Waals surface area contributed by atoms with Crippen LogP contribution in [-0.2, 0) is 14.8 Å². The fraction of sp³-hybridized carbons (Fsp3) is 0.818. The Balaban J connectivity index is 1.18. The lowest BCUT2D eigenvalue weighted by Crippen LogP contribution is -2.53. The molecule has 2 bridgehead atoms. The van der Waals surface area contributed by atoms with Gasteiger partial charge in [-0.1, -0.05) is 5.16 Å². The maximum atomic E-state index is 13.3. The molecule has 1 amide bonds. The van der Waals surface area contributed by atoms with Crippen molar-refractivity contribution in [1.82, 2.24) is 19.7 Å². The van der Waals surface area contributed by atoms with Crippen LogP contribution in [-0.4, -0.2) is 79.3 Å². The highest BCUT2D eigenvalue weighted by molar-refractivity contribution is 7.89. The zero-order valence-electron chi connectivity index (χ0n) is 18.7. The topological polar surface area (TPSA) is 105 Å². The monoisotopic (exact) mass is 466 g/mol. The number of hydrogen-bond acceptors (Lipinski definition) is 7. The molecular formula is C22H34N4O5S. The lowest BCUT2D eigenvalue weighted by molar-refractivity contribution is 0.0862. The van der Waals surface area contributed by atoms with Gasteiger partial charge in [-0.3, -0.25) is 4.79 Å². The van der Waals surface area contributed by atoms with Crippen molar-refractivity contribution >= 4 is 15.9 Å². The van der Waals surface area contributed by atoms with Crippen LogP contribution in [0, 0.1) is 5.92 Å². The molecule has 3 unspecified atom stereocenters. The summed E-state index contributed by atoms with van der Waals surface area (Å²) >= 11 is 0. The molecule has 9 nitrogen and oxygen atoms in total. The molecular weight excluding hydrogens is 432 g/mol. The van der Waals surface area contributed by atoms with E-state index in [9.17, 15) is 13.2 Å². The van der Waals surface area contributed by atoms with Gasteiger partial charge < -0.3 is 19.5 Å². The second-order valence-electron chi connectivity index (χ2n) is 10.00. The Hall–Kier alpha value is -1.49. The van der Waals surface area contributed by atoms with Crippen molar-refractivity contribution < 1.29 is 22.5 Å². The fourth-order valence-electron chi connectivity index (χ4n) is 5.93. The summed E-state index contributed by atoms with van der Waals surface area (Å²) in [5, 5.41) is 7.00. The average molecular weight is 467 g/mol. The van der Waals surface area contributed by atoms with E-state index in [0.29, 0.717) is 25.2 Å². The van der Waals surface area contributed by atoms with Crippen molar-refractivity contribution in [3.05, 3.63) is 17.5 Å². The summed E-state index contributed by atoms with van der Waals surface area (Å²) in [4.78, 5) is 15.0. The van der Waals surface area contributed by atoms with Crippen LogP contribution in [0.25, 0.3) is 0 Å². The highest BCUT2D eigenvalue weighted by Gasteiger charge is 2.47. The van der Waals surface area contributed by atoms with Crippen LogP contribution in [0.2, 0.25) is 0 Å². The Morgan fingerprint density at radius 2 is 1.88 bits per heavy atom. The van der Waals surface area contributed by atoms with Gasteiger partial charge >= 0.3 is 0 Å². The van der Waals surface area contributed by atoms with Crippen molar-refractivity contribution in [2.75, 3.05) is 32.5 Å². The van der Waals surface area contributed by atoms with Crippen molar-refractivity contribution in [1.29, 1.82) is 0 Å². The predicted octanol–water partition coefficient (Wildman–Crippen LogP) is 1.92. The first-order chi connectivity index (χ1) is 15.4. The second kappa shape index (κ2) is 9.04. The van der Waals surface area contributed by atoms with Crippen LogP contribution in [0.3, 0.4) is 0 Å². The van der Waals surface area contributed by atoms with E-state index in [4.69, 9.17) is 9.26 Å². The highest BCUT2D eigenvalue weighted by Crippen LogP contribution is 2.39. The molecule has 32 heavy (non-hydrogen) atoms. The number of nitrogens with zero attached hydrogens (tertiary/aromatic N) is 3. The predicted molar refractivity (Wildman–Crippen MR) is 118 cm³/mol. The minimum atomic E-state index is -3.29. The molecule has 5 rings (SSSR count). The van der Waals surface area contributed by atoms with Crippen LogP contribution in [0.15, 0.2) is 10.6 Å². The molecule has 178 valence electrons. The van der Waals surface area contributed by atoms with Crippen LogP contribution in [0.4, 0.5) is 0 Å².